The lowest BCUT2D eigenvalue weighted by Gasteiger charge is -2.17. The first kappa shape index (κ1) is 12.7. The zero-order chi connectivity index (χ0) is 13.5. The van der Waals surface area contributed by atoms with Crippen molar-refractivity contribution in [3.05, 3.63) is 34.6 Å². The summed E-state index contributed by atoms with van der Waals surface area (Å²) in [5.74, 6) is -0.359. The molecule has 1 heterocycles. The van der Waals surface area contributed by atoms with Crippen LogP contribution in [0.3, 0.4) is 0 Å². The number of amidine groups is 1. The Morgan fingerprint density at radius 3 is 2.84 bits per heavy atom. The number of hydrogen-bond acceptors (Lipinski definition) is 3. The number of rotatable bonds is 4. The van der Waals surface area contributed by atoms with Crippen molar-refractivity contribution in [2.24, 2.45) is 10.7 Å². The number of halogens is 2. The number of hydrogen-bond donors (Lipinski definition) is 1. The zero-order valence-electron chi connectivity index (χ0n) is 10.5. The van der Waals surface area contributed by atoms with Crippen molar-refractivity contribution in [2.45, 2.75) is 37.1 Å². The second kappa shape index (κ2) is 4.67. The molecule has 1 aromatic carbocycles. The van der Waals surface area contributed by atoms with Gasteiger partial charge in [0.25, 0.3) is 6.02 Å². The molecule has 0 radical (unpaired) electrons. The first-order chi connectivity index (χ1) is 9.09. The summed E-state index contributed by atoms with van der Waals surface area (Å²) in [7, 11) is 0. The van der Waals surface area contributed by atoms with E-state index in [1.807, 2.05) is 6.07 Å². The van der Waals surface area contributed by atoms with Crippen LogP contribution in [-0.4, -0.2) is 18.7 Å². The maximum absolute atomic E-state index is 13.2. The summed E-state index contributed by atoms with van der Waals surface area (Å²) in [6.07, 6.45) is 4.21. The summed E-state index contributed by atoms with van der Waals surface area (Å²) in [6.45, 7) is 0.575. The minimum Gasteiger partial charge on any atom is -0.463 e. The Morgan fingerprint density at radius 1 is 1.47 bits per heavy atom. The molecule has 1 aliphatic heterocycles. The van der Waals surface area contributed by atoms with Crippen molar-refractivity contribution in [3.8, 4) is 0 Å². The van der Waals surface area contributed by atoms with E-state index in [4.69, 9.17) is 22.1 Å². The smallest absolute Gasteiger partial charge is 0.282 e. The number of ether oxygens (including phenoxy) is 1. The number of aliphatic imine (C=N–C) groups is 1. The molecular weight excluding hydrogens is 267 g/mol. The molecule has 0 spiro atoms. The van der Waals surface area contributed by atoms with Crippen LogP contribution < -0.4 is 5.73 Å². The fourth-order valence-corrected chi connectivity index (χ4v) is 2.87. The third kappa shape index (κ3) is 2.54. The molecule has 1 aliphatic carbocycles. The molecule has 0 aromatic heterocycles. The Hall–Kier alpha value is -1.29. The quantitative estimate of drug-likeness (QED) is 0.923. The van der Waals surface area contributed by atoms with Gasteiger partial charge in [-0.3, -0.25) is 0 Å². The van der Waals surface area contributed by atoms with Gasteiger partial charge in [-0.1, -0.05) is 17.7 Å². The first-order valence-corrected chi connectivity index (χ1v) is 6.88. The monoisotopic (exact) mass is 282 g/mol. The predicted molar refractivity (Wildman–Crippen MR) is 72.9 cm³/mol. The van der Waals surface area contributed by atoms with Crippen molar-refractivity contribution >= 4 is 17.6 Å². The maximum atomic E-state index is 13.2. The van der Waals surface area contributed by atoms with Crippen LogP contribution in [0.5, 0.6) is 0 Å². The highest BCUT2D eigenvalue weighted by Gasteiger charge is 2.44. The molecule has 102 valence electrons. The van der Waals surface area contributed by atoms with E-state index < -0.39 is 0 Å². The topological polar surface area (TPSA) is 47.6 Å². The van der Waals surface area contributed by atoms with Crippen molar-refractivity contribution in [1.82, 2.24) is 0 Å². The van der Waals surface area contributed by atoms with Crippen molar-refractivity contribution in [1.29, 1.82) is 0 Å². The van der Waals surface area contributed by atoms with Gasteiger partial charge in [-0.15, -0.1) is 0 Å². The van der Waals surface area contributed by atoms with Gasteiger partial charge in [-0.2, -0.15) is 0 Å². The van der Waals surface area contributed by atoms with Crippen LogP contribution in [0.1, 0.15) is 31.2 Å². The van der Waals surface area contributed by atoms with Gasteiger partial charge in [0.15, 0.2) is 0 Å². The number of nitrogens with zero attached hydrogens (tertiary/aromatic N) is 1. The van der Waals surface area contributed by atoms with E-state index in [-0.39, 0.29) is 22.3 Å². The zero-order valence-corrected chi connectivity index (χ0v) is 11.3. The van der Waals surface area contributed by atoms with Crippen LogP contribution in [-0.2, 0) is 10.2 Å². The lowest BCUT2D eigenvalue weighted by atomic mass is 9.89. The van der Waals surface area contributed by atoms with E-state index in [1.165, 1.54) is 6.07 Å². The highest BCUT2D eigenvalue weighted by molar-refractivity contribution is 6.30. The molecule has 5 heteroatoms. The summed E-state index contributed by atoms with van der Waals surface area (Å²) in [5, 5.41) is 0.204. The highest BCUT2D eigenvalue weighted by Crippen LogP contribution is 2.52. The standard InChI is InChI=1S/C14H16ClFN2O/c15-11-7-9(1-2-12(11)16)14(5-6-14)4-3-10-8-19-13(17)18-10/h1-2,7,10H,3-6,8H2,(H2,17,18). The van der Waals surface area contributed by atoms with Crippen LogP contribution >= 0.6 is 11.6 Å². The molecule has 1 atom stereocenters. The Morgan fingerprint density at radius 2 is 2.26 bits per heavy atom. The van der Waals surface area contributed by atoms with Crippen LogP contribution in [0.25, 0.3) is 0 Å². The molecule has 19 heavy (non-hydrogen) atoms. The molecule has 2 aliphatic rings. The van der Waals surface area contributed by atoms with E-state index in [2.05, 4.69) is 4.99 Å². The van der Waals surface area contributed by atoms with E-state index in [0.29, 0.717) is 12.6 Å². The van der Waals surface area contributed by atoms with Crippen molar-refractivity contribution < 1.29 is 9.13 Å². The van der Waals surface area contributed by atoms with Gasteiger partial charge >= 0.3 is 0 Å². The average Bonchev–Trinajstić information content (AvgIpc) is 3.07. The number of benzene rings is 1. The minimum absolute atomic E-state index is 0.157. The van der Waals surface area contributed by atoms with Crippen molar-refractivity contribution in [3.63, 3.8) is 0 Å². The van der Waals surface area contributed by atoms with Crippen LogP contribution in [0.2, 0.25) is 5.02 Å². The summed E-state index contributed by atoms with van der Waals surface area (Å²) in [6, 6.07) is 5.50. The van der Waals surface area contributed by atoms with E-state index in [0.717, 1.165) is 31.2 Å². The largest absolute Gasteiger partial charge is 0.463 e. The molecule has 0 amide bonds. The van der Waals surface area contributed by atoms with E-state index in [9.17, 15) is 4.39 Å². The molecule has 1 fully saturated rings. The van der Waals surface area contributed by atoms with Gasteiger partial charge in [0.2, 0.25) is 0 Å². The highest BCUT2D eigenvalue weighted by atomic mass is 35.5. The third-order valence-corrected chi connectivity index (χ3v) is 4.36. The Bertz CT molecular complexity index is 528. The van der Waals surface area contributed by atoms with Gasteiger partial charge in [-0.25, -0.2) is 9.38 Å². The molecule has 1 saturated carbocycles. The predicted octanol–water partition coefficient (Wildman–Crippen LogP) is 3.00. The first-order valence-electron chi connectivity index (χ1n) is 6.51. The summed E-state index contributed by atoms with van der Waals surface area (Å²) in [5.41, 5.74) is 6.79. The molecule has 3 nitrogen and oxygen atoms in total. The fraction of sp³-hybridized carbons (Fsp3) is 0.500. The Balaban J connectivity index is 1.68. The maximum Gasteiger partial charge on any atom is 0.282 e. The van der Waals surface area contributed by atoms with Gasteiger partial charge < -0.3 is 10.5 Å². The molecular formula is C14H16ClFN2O. The van der Waals surface area contributed by atoms with Crippen LogP contribution in [0, 0.1) is 5.82 Å². The third-order valence-electron chi connectivity index (χ3n) is 4.08. The molecule has 0 bridgehead atoms. The molecule has 1 unspecified atom stereocenters. The number of nitrogens with two attached hydrogens (primary N) is 1. The van der Waals surface area contributed by atoms with Gasteiger partial charge in [0, 0.05) is 0 Å². The molecule has 0 saturated heterocycles. The lowest BCUT2D eigenvalue weighted by Crippen LogP contribution is -2.13. The van der Waals surface area contributed by atoms with Crippen LogP contribution in [0.4, 0.5) is 4.39 Å². The second-order valence-corrected chi connectivity index (χ2v) is 5.79. The van der Waals surface area contributed by atoms with Gasteiger partial charge in [-0.05, 0) is 48.8 Å². The van der Waals surface area contributed by atoms with Crippen LogP contribution in [0.15, 0.2) is 23.2 Å². The average molecular weight is 283 g/mol. The van der Waals surface area contributed by atoms with E-state index in [1.54, 1.807) is 6.07 Å². The molecule has 2 N–H and O–H groups in total. The molecule has 3 rings (SSSR count). The lowest BCUT2D eigenvalue weighted by molar-refractivity contribution is 0.302. The molecule has 1 aromatic rings. The fourth-order valence-electron chi connectivity index (χ4n) is 2.69. The SMILES string of the molecule is NC1=NC(CCC2(c3ccc(F)c(Cl)c3)CC2)CO1. The normalized spacial score (nSPS) is 23.9. The Labute approximate surface area is 116 Å². The summed E-state index contributed by atoms with van der Waals surface area (Å²) < 4.78 is 18.4. The van der Waals surface area contributed by atoms with Crippen molar-refractivity contribution in [2.75, 3.05) is 6.61 Å². The van der Waals surface area contributed by atoms with E-state index >= 15 is 0 Å². The van der Waals surface area contributed by atoms with Gasteiger partial charge in [0.05, 0.1) is 11.1 Å². The van der Waals surface area contributed by atoms with Gasteiger partial charge in [0.1, 0.15) is 12.4 Å². The minimum atomic E-state index is -0.359. The summed E-state index contributed by atoms with van der Waals surface area (Å²) >= 11 is 5.86. The Kier molecular flexibility index (Phi) is 3.13. The summed E-state index contributed by atoms with van der Waals surface area (Å²) in [4.78, 5) is 4.23. The second-order valence-electron chi connectivity index (χ2n) is 5.38.